The van der Waals surface area contributed by atoms with Crippen molar-refractivity contribution >= 4 is 40.9 Å². The lowest BCUT2D eigenvalue weighted by Crippen LogP contribution is -2.38. The molecule has 0 aliphatic rings. The lowest BCUT2D eigenvalue weighted by Gasteiger charge is -2.11. The van der Waals surface area contributed by atoms with Crippen LogP contribution in [0.4, 0.5) is 10.5 Å². The summed E-state index contributed by atoms with van der Waals surface area (Å²) < 4.78 is 0. The van der Waals surface area contributed by atoms with Gasteiger partial charge >= 0.3 is 6.03 Å². The number of benzene rings is 1. The van der Waals surface area contributed by atoms with Crippen LogP contribution in [0, 0.1) is 12.3 Å². The number of urea groups is 1. The molecule has 0 unspecified atom stereocenters. The molecule has 86 valence electrons. The van der Waals surface area contributed by atoms with Crippen LogP contribution in [0.3, 0.4) is 0 Å². The molecule has 7 heteroatoms. The molecule has 1 rings (SSSR count). The smallest absolute Gasteiger partial charge is 0.318 e. The molecule has 0 bridgehead atoms. The van der Waals surface area contributed by atoms with Crippen LogP contribution in [0.25, 0.3) is 0 Å². The van der Waals surface area contributed by atoms with Crippen LogP contribution < -0.4 is 16.4 Å². The molecular formula is C9H10Cl2N4O. The molecule has 0 aliphatic carbocycles. The first-order valence-corrected chi connectivity index (χ1v) is 5.03. The zero-order valence-electron chi connectivity index (χ0n) is 8.40. The van der Waals surface area contributed by atoms with Gasteiger partial charge in [0.2, 0.25) is 5.96 Å². The maximum atomic E-state index is 10.5. The molecule has 16 heavy (non-hydrogen) atoms. The molecule has 0 fully saturated rings. The van der Waals surface area contributed by atoms with E-state index in [9.17, 15) is 4.79 Å². The predicted molar refractivity (Wildman–Crippen MR) is 65.3 cm³/mol. The van der Waals surface area contributed by atoms with Gasteiger partial charge in [-0.15, -0.1) is 0 Å². The molecule has 0 aliphatic heterocycles. The van der Waals surface area contributed by atoms with Crippen LogP contribution in [0.1, 0.15) is 5.56 Å². The number of hydrogen-bond acceptors (Lipinski definition) is 2. The number of amides is 2. The van der Waals surface area contributed by atoms with Crippen molar-refractivity contribution in [3.63, 3.8) is 0 Å². The van der Waals surface area contributed by atoms with E-state index in [-0.39, 0.29) is 5.96 Å². The number of anilines is 1. The van der Waals surface area contributed by atoms with Gasteiger partial charge in [0.25, 0.3) is 0 Å². The Bertz CT molecular complexity index is 447. The lowest BCUT2D eigenvalue weighted by molar-refractivity contribution is 0.253. The number of carbonyl (C=O) groups excluding carboxylic acids is 1. The maximum Gasteiger partial charge on any atom is 0.318 e. The van der Waals surface area contributed by atoms with E-state index in [1.807, 2.05) is 0 Å². The number of hydrogen-bond donors (Lipinski definition) is 4. The summed E-state index contributed by atoms with van der Waals surface area (Å²) in [6.45, 7) is 1.76. The third kappa shape index (κ3) is 3.29. The van der Waals surface area contributed by atoms with Gasteiger partial charge in [-0.05, 0) is 24.6 Å². The molecule has 1 aromatic carbocycles. The Morgan fingerprint density at radius 2 is 2.06 bits per heavy atom. The van der Waals surface area contributed by atoms with E-state index in [2.05, 4.69) is 10.6 Å². The molecule has 0 spiro atoms. The summed E-state index contributed by atoms with van der Waals surface area (Å²) in [7, 11) is 0. The largest absolute Gasteiger partial charge is 0.351 e. The van der Waals surface area contributed by atoms with Crippen LogP contribution >= 0.6 is 23.2 Å². The monoisotopic (exact) mass is 260 g/mol. The fraction of sp³-hybridized carbons (Fsp3) is 0.111. The summed E-state index contributed by atoms with van der Waals surface area (Å²) >= 11 is 11.7. The number of halogens is 2. The molecule has 0 saturated carbocycles. The molecule has 5 nitrogen and oxygen atoms in total. The van der Waals surface area contributed by atoms with E-state index in [0.29, 0.717) is 15.7 Å². The van der Waals surface area contributed by atoms with E-state index >= 15 is 0 Å². The summed E-state index contributed by atoms with van der Waals surface area (Å²) in [4.78, 5) is 10.5. The van der Waals surface area contributed by atoms with Crippen LogP contribution in [-0.2, 0) is 0 Å². The Hall–Kier alpha value is -1.46. The summed E-state index contributed by atoms with van der Waals surface area (Å²) in [5.41, 5.74) is 6.12. The average Bonchev–Trinajstić information content (AvgIpc) is 2.11. The molecule has 2 amide bonds. The van der Waals surface area contributed by atoms with Gasteiger partial charge in [0.15, 0.2) is 0 Å². The topological polar surface area (TPSA) is 91.0 Å². The second-order valence-corrected chi connectivity index (χ2v) is 3.89. The molecule has 5 N–H and O–H groups in total. The van der Waals surface area contributed by atoms with Crippen LogP contribution in [0.5, 0.6) is 0 Å². The fourth-order valence-corrected chi connectivity index (χ4v) is 1.56. The highest BCUT2D eigenvalue weighted by Crippen LogP contribution is 2.27. The van der Waals surface area contributed by atoms with Crippen LogP contribution in [-0.4, -0.2) is 12.0 Å². The summed E-state index contributed by atoms with van der Waals surface area (Å²) in [5, 5.41) is 13.0. The molecule has 0 heterocycles. The quantitative estimate of drug-likeness (QED) is 0.461. The second-order valence-electron chi connectivity index (χ2n) is 3.05. The molecular weight excluding hydrogens is 251 g/mol. The average molecular weight is 261 g/mol. The number of carbonyl (C=O) groups is 1. The van der Waals surface area contributed by atoms with E-state index in [1.165, 1.54) is 0 Å². The number of guanidine groups is 1. The van der Waals surface area contributed by atoms with E-state index in [1.54, 1.807) is 19.1 Å². The van der Waals surface area contributed by atoms with E-state index in [4.69, 9.17) is 34.3 Å². The number of nitrogens with one attached hydrogen (secondary N) is 3. The number of primary amides is 1. The van der Waals surface area contributed by atoms with Crippen LogP contribution in [0.2, 0.25) is 10.0 Å². The highest BCUT2D eigenvalue weighted by atomic mass is 35.5. The van der Waals surface area contributed by atoms with Crippen molar-refractivity contribution in [2.75, 3.05) is 5.32 Å². The van der Waals surface area contributed by atoms with E-state index in [0.717, 1.165) is 5.56 Å². The third-order valence-electron chi connectivity index (χ3n) is 1.82. The van der Waals surface area contributed by atoms with Crippen molar-refractivity contribution in [1.29, 1.82) is 5.41 Å². The summed E-state index contributed by atoms with van der Waals surface area (Å²) in [6, 6.07) is 2.37. The first kappa shape index (κ1) is 12.6. The Labute approximate surface area is 102 Å². The van der Waals surface area contributed by atoms with Gasteiger partial charge in [-0.3, -0.25) is 10.7 Å². The SMILES string of the molecule is Cc1c(Cl)cc(Cl)cc1NC(=N)NC(N)=O. The predicted octanol–water partition coefficient (Wildman–Crippen LogP) is 2.32. The second kappa shape index (κ2) is 5.05. The van der Waals surface area contributed by atoms with E-state index < -0.39 is 6.03 Å². The minimum Gasteiger partial charge on any atom is -0.351 e. The molecule has 0 aromatic heterocycles. The Kier molecular flexibility index (Phi) is 3.98. The molecule has 0 saturated heterocycles. The van der Waals surface area contributed by atoms with Crippen LogP contribution in [0.15, 0.2) is 12.1 Å². The highest BCUT2D eigenvalue weighted by Gasteiger charge is 2.07. The van der Waals surface area contributed by atoms with Gasteiger partial charge in [-0.2, -0.15) is 0 Å². The number of nitrogens with two attached hydrogens (primary N) is 1. The van der Waals surface area contributed by atoms with Crippen molar-refractivity contribution in [3.05, 3.63) is 27.7 Å². The van der Waals surface area contributed by atoms with Gasteiger partial charge in [0.1, 0.15) is 0 Å². The first-order valence-electron chi connectivity index (χ1n) is 4.28. The Balaban J connectivity index is 2.89. The van der Waals surface area contributed by atoms with Crippen molar-refractivity contribution in [2.24, 2.45) is 5.73 Å². The summed E-state index contributed by atoms with van der Waals surface area (Å²) in [5.74, 6) is -0.242. The van der Waals surface area contributed by atoms with Gasteiger partial charge in [-0.1, -0.05) is 23.2 Å². The standard InChI is InChI=1S/C9H10Cl2N4O/c1-4-6(11)2-5(10)3-7(4)14-8(12)15-9(13)16/h2-3H,1H3,(H5,12,13,14,15,16). The third-order valence-corrected chi connectivity index (χ3v) is 2.43. The van der Waals surface area contributed by atoms with Gasteiger partial charge < -0.3 is 11.1 Å². The molecule has 1 aromatic rings. The zero-order valence-corrected chi connectivity index (χ0v) is 9.91. The summed E-state index contributed by atoms with van der Waals surface area (Å²) in [6.07, 6.45) is 0. The Morgan fingerprint density at radius 1 is 1.44 bits per heavy atom. The van der Waals surface area contributed by atoms with Gasteiger partial charge in [0.05, 0.1) is 0 Å². The van der Waals surface area contributed by atoms with Gasteiger partial charge in [-0.25, -0.2) is 4.79 Å². The van der Waals surface area contributed by atoms with Crippen molar-refractivity contribution in [1.82, 2.24) is 5.32 Å². The first-order chi connectivity index (χ1) is 7.40. The lowest BCUT2D eigenvalue weighted by atomic mass is 10.2. The van der Waals surface area contributed by atoms with Crippen molar-refractivity contribution < 1.29 is 4.79 Å². The van der Waals surface area contributed by atoms with Gasteiger partial charge in [0, 0.05) is 15.7 Å². The molecule has 0 atom stereocenters. The minimum atomic E-state index is -0.816. The minimum absolute atomic E-state index is 0.242. The maximum absolute atomic E-state index is 10.5. The number of rotatable bonds is 1. The van der Waals surface area contributed by atoms with Crippen molar-refractivity contribution in [2.45, 2.75) is 6.92 Å². The highest BCUT2D eigenvalue weighted by molar-refractivity contribution is 6.35. The molecule has 0 radical (unpaired) electrons. The Morgan fingerprint density at radius 3 is 2.62 bits per heavy atom. The fourth-order valence-electron chi connectivity index (χ4n) is 1.06. The normalized spacial score (nSPS) is 9.69. The zero-order chi connectivity index (χ0) is 12.3. The van der Waals surface area contributed by atoms with Crippen molar-refractivity contribution in [3.8, 4) is 0 Å².